The van der Waals surface area contributed by atoms with Gasteiger partial charge in [-0.15, -0.1) is 0 Å². The molecular formula is C16H13Cl2N3. The van der Waals surface area contributed by atoms with E-state index in [1.54, 1.807) is 12.3 Å². The number of aromatic nitrogens is 1. The van der Waals surface area contributed by atoms with E-state index in [0.717, 1.165) is 27.8 Å². The fourth-order valence-electron chi connectivity index (χ4n) is 2.17. The Kier molecular flexibility index (Phi) is 3.62. The first kappa shape index (κ1) is 14.0. The number of pyridine rings is 1. The first-order valence-electron chi connectivity index (χ1n) is 6.42. The topological polar surface area (TPSA) is 50.9 Å². The summed E-state index contributed by atoms with van der Waals surface area (Å²) in [6.07, 6.45) is 1.74. The Balaban J connectivity index is 2.06. The minimum atomic E-state index is 0.600. The molecule has 5 heteroatoms. The molecule has 106 valence electrons. The van der Waals surface area contributed by atoms with Crippen molar-refractivity contribution < 1.29 is 0 Å². The van der Waals surface area contributed by atoms with Gasteiger partial charge in [0, 0.05) is 16.6 Å². The number of rotatable bonds is 2. The minimum absolute atomic E-state index is 0.600. The molecule has 0 bridgehead atoms. The predicted molar refractivity (Wildman–Crippen MR) is 90.6 cm³/mol. The molecular weight excluding hydrogens is 305 g/mol. The average molecular weight is 318 g/mol. The molecule has 21 heavy (non-hydrogen) atoms. The highest BCUT2D eigenvalue weighted by molar-refractivity contribution is 6.36. The Morgan fingerprint density at radius 2 is 1.86 bits per heavy atom. The van der Waals surface area contributed by atoms with E-state index < -0.39 is 0 Å². The van der Waals surface area contributed by atoms with Crippen molar-refractivity contribution in [3.63, 3.8) is 0 Å². The number of fused-ring (bicyclic) bond motifs is 1. The summed E-state index contributed by atoms with van der Waals surface area (Å²) in [6, 6.07) is 11.2. The van der Waals surface area contributed by atoms with Gasteiger partial charge in [0.1, 0.15) is 0 Å². The van der Waals surface area contributed by atoms with Crippen molar-refractivity contribution in [3.8, 4) is 0 Å². The zero-order valence-electron chi connectivity index (χ0n) is 11.3. The number of hydrogen-bond acceptors (Lipinski definition) is 3. The third-order valence-corrected chi connectivity index (χ3v) is 4.06. The summed E-state index contributed by atoms with van der Waals surface area (Å²) in [5, 5.41) is 5.39. The lowest BCUT2D eigenvalue weighted by atomic mass is 10.1. The van der Waals surface area contributed by atoms with Crippen LogP contribution >= 0.6 is 23.2 Å². The number of nitrogens with two attached hydrogens (primary N) is 1. The summed E-state index contributed by atoms with van der Waals surface area (Å²) in [5.41, 5.74) is 10.1. The molecule has 0 saturated carbocycles. The molecule has 0 saturated heterocycles. The Morgan fingerprint density at radius 1 is 1.05 bits per heavy atom. The van der Waals surface area contributed by atoms with Gasteiger partial charge in [-0.1, -0.05) is 23.2 Å². The van der Waals surface area contributed by atoms with Gasteiger partial charge in [-0.2, -0.15) is 0 Å². The van der Waals surface area contributed by atoms with Gasteiger partial charge in [0.25, 0.3) is 0 Å². The first-order valence-corrected chi connectivity index (χ1v) is 7.18. The zero-order chi connectivity index (χ0) is 15.0. The van der Waals surface area contributed by atoms with E-state index in [1.165, 1.54) is 0 Å². The van der Waals surface area contributed by atoms with Crippen molar-refractivity contribution in [2.45, 2.75) is 6.92 Å². The lowest BCUT2D eigenvalue weighted by Crippen LogP contribution is -1.98. The zero-order valence-corrected chi connectivity index (χ0v) is 12.8. The SMILES string of the molecule is Cc1cc(Cl)c(Nc2ccc3ncccc3c2N)cc1Cl. The summed E-state index contributed by atoms with van der Waals surface area (Å²) >= 11 is 12.4. The van der Waals surface area contributed by atoms with E-state index in [4.69, 9.17) is 28.9 Å². The highest BCUT2D eigenvalue weighted by atomic mass is 35.5. The second kappa shape index (κ2) is 5.43. The standard InChI is InChI=1S/C16H13Cl2N3/c1-9-7-12(18)15(8-11(9)17)21-14-5-4-13-10(16(14)19)3-2-6-20-13/h2-8,21H,19H2,1H3. The van der Waals surface area contributed by atoms with Crippen LogP contribution in [0.1, 0.15) is 5.56 Å². The third-order valence-electron chi connectivity index (χ3n) is 3.34. The number of nitrogen functional groups attached to an aromatic ring is 1. The molecule has 3 aromatic rings. The molecule has 0 unspecified atom stereocenters. The first-order chi connectivity index (χ1) is 10.1. The van der Waals surface area contributed by atoms with Gasteiger partial charge in [0.2, 0.25) is 0 Å². The molecule has 0 aliphatic carbocycles. The maximum atomic E-state index is 6.25. The van der Waals surface area contributed by atoms with Crippen LogP contribution in [0.4, 0.5) is 17.1 Å². The summed E-state index contributed by atoms with van der Waals surface area (Å²) in [4.78, 5) is 4.28. The molecule has 1 heterocycles. The van der Waals surface area contributed by atoms with Crippen LogP contribution in [0.3, 0.4) is 0 Å². The minimum Gasteiger partial charge on any atom is -0.396 e. The van der Waals surface area contributed by atoms with E-state index in [2.05, 4.69) is 10.3 Å². The molecule has 0 aliphatic heterocycles. The van der Waals surface area contributed by atoms with E-state index in [9.17, 15) is 0 Å². The summed E-state index contributed by atoms with van der Waals surface area (Å²) in [6.45, 7) is 1.91. The fraction of sp³-hybridized carbons (Fsp3) is 0.0625. The Hall–Kier alpha value is -1.97. The molecule has 3 rings (SSSR count). The number of halogens is 2. The van der Waals surface area contributed by atoms with E-state index in [1.807, 2.05) is 37.3 Å². The van der Waals surface area contributed by atoms with E-state index in [-0.39, 0.29) is 0 Å². The van der Waals surface area contributed by atoms with Crippen LogP contribution in [0.25, 0.3) is 10.9 Å². The van der Waals surface area contributed by atoms with Crippen LogP contribution in [0.15, 0.2) is 42.6 Å². The van der Waals surface area contributed by atoms with Crippen molar-refractivity contribution in [1.82, 2.24) is 4.98 Å². The monoisotopic (exact) mass is 317 g/mol. The number of aryl methyl sites for hydroxylation is 1. The van der Waals surface area contributed by atoms with Crippen LogP contribution < -0.4 is 11.1 Å². The van der Waals surface area contributed by atoms with Gasteiger partial charge in [-0.05, 0) is 48.9 Å². The van der Waals surface area contributed by atoms with Crippen molar-refractivity contribution in [2.75, 3.05) is 11.1 Å². The van der Waals surface area contributed by atoms with Crippen molar-refractivity contribution in [3.05, 3.63) is 58.2 Å². The molecule has 0 spiro atoms. The molecule has 2 aromatic carbocycles. The summed E-state index contributed by atoms with van der Waals surface area (Å²) in [7, 11) is 0. The van der Waals surface area contributed by atoms with Crippen LogP contribution in [-0.2, 0) is 0 Å². The highest BCUT2D eigenvalue weighted by Crippen LogP contribution is 2.34. The predicted octanol–water partition coefficient (Wildman–Crippen LogP) is 5.18. The quantitative estimate of drug-likeness (QED) is 0.640. The van der Waals surface area contributed by atoms with Gasteiger partial charge in [0.05, 0.1) is 27.6 Å². The highest BCUT2D eigenvalue weighted by Gasteiger charge is 2.09. The van der Waals surface area contributed by atoms with Gasteiger partial charge >= 0.3 is 0 Å². The molecule has 0 fully saturated rings. The van der Waals surface area contributed by atoms with Gasteiger partial charge in [-0.3, -0.25) is 4.98 Å². The molecule has 0 atom stereocenters. The van der Waals surface area contributed by atoms with Crippen LogP contribution in [0.2, 0.25) is 10.0 Å². The van der Waals surface area contributed by atoms with Crippen molar-refractivity contribution in [1.29, 1.82) is 0 Å². The molecule has 0 aliphatic rings. The molecule has 3 nitrogen and oxygen atoms in total. The second-order valence-electron chi connectivity index (χ2n) is 4.80. The average Bonchev–Trinajstić information content (AvgIpc) is 2.48. The van der Waals surface area contributed by atoms with Gasteiger partial charge < -0.3 is 11.1 Å². The van der Waals surface area contributed by atoms with Crippen LogP contribution in [0.5, 0.6) is 0 Å². The Bertz CT molecular complexity index is 831. The second-order valence-corrected chi connectivity index (χ2v) is 5.62. The lowest BCUT2D eigenvalue weighted by Gasteiger charge is -2.13. The van der Waals surface area contributed by atoms with Gasteiger partial charge in [0.15, 0.2) is 0 Å². The number of nitrogens with one attached hydrogen (secondary N) is 1. The van der Waals surface area contributed by atoms with E-state index in [0.29, 0.717) is 15.7 Å². The molecule has 0 radical (unpaired) electrons. The third kappa shape index (κ3) is 2.62. The van der Waals surface area contributed by atoms with Crippen molar-refractivity contribution >= 4 is 51.2 Å². The van der Waals surface area contributed by atoms with Gasteiger partial charge in [-0.25, -0.2) is 0 Å². The van der Waals surface area contributed by atoms with Crippen LogP contribution in [-0.4, -0.2) is 4.98 Å². The number of benzene rings is 2. The van der Waals surface area contributed by atoms with E-state index >= 15 is 0 Å². The molecule has 1 aromatic heterocycles. The maximum Gasteiger partial charge on any atom is 0.0724 e. The van der Waals surface area contributed by atoms with Crippen LogP contribution in [0, 0.1) is 6.92 Å². The summed E-state index contributed by atoms with van der Waals surface area (Å²) < 4.78 is 0. The van der Waals surface area contributed by atoms with Crippen molar-refractivity contribution in [2.24, 2.45) is 0 Å². The number of nitrogens with zero attached hydrogens (tertiary/aromatic N) is 1. The Labute approximate surface area is 132 Å². The largest absolute Gasteiger partial charge is 0.396 e. The Morgan fingerprint density at radius 3 is 2.67 bits per heavy atom. The molecule has 3 N–H and O–H groups in total. The maximum absolute atomic E-state index is 6.25. The number of hydrogen-bond donors (Lipinski definition) is 2. The number of anilines is 3. The molecule has 0 amide bonds. The lowest BCUT2D eigenvalue weighted by molar-refractivity contribution is 1.41. The summed E-state index contributed by atoms with van der Waals surface area (Å²) in [5.74, 6) is 0. The smallest absolute Gasteiger partial charge is 0.0724 e. The normalized spacial score (nSPS) is 10.8. The fourth-order valence-corrected chi connectivity index (χ4v) is 2.60.